The average molecular weight is 493 g/mol. The van der Waals surface area contributed by atoms with Crippen LogP contribution < -0.4 is 5.32 Å². The zero-order chi connectivity index (χ0) is 24.7. The number of benzene rings is 2. The van der Waals surface area contributed by atoms with Crippen molar-refractivity contribution in [2.24, 2.45) is 0 Å². The van der Waals surface area contributed by atoms with Crippen LogP contribution in [-0.2, 0) is 29.1 Å². The summed E-state index contributed by atoms with van der Waals surface area (Å²) in [6.45, 7) is 2.48. The van der Waals surface area contributed by atoms with Crippen molar-refractivity contribution in [1.29, 1.82) is 0 Å². The van der Waals surface area contributed by atoms with E-state index in [0.29, 0.717) is 13.2 Å². The Balaban J connectivity index is 1.53. The van der Waals surface area contributed by atoms with Gasteiger partial charge in [0.05, 0.1) is 24.5 Å². The van der Waals surface area contributed by atoms with Gasteiger partial charge in [-0.2, -0.15) is 4.31 Å². The Hall–Kier alpha value is -3.15. The second-order valence-corrected chi connectivity index (χ2v) is 9.53. The van der Waals surface area contributed by atoms with Gasteiger partial charge in [0.25, 0.3) is 5.91 Å². The van der Waals surface area contributed by atoms with Gasteiger partial charge in [0.2, 0.25) is 10.0 Å². The molecule has 1 saturated heterocycles. The molecule has 1 fully saturated rings. The zero-order valence-electron chi connectivity index (χ0n) is 18.5. The fourth-order valence-corrected chi connectivity index (χ4v) is 4.67. The molecule has 182 valence electrons. The molecule has 1 aliphatic heterocycles. The molecule has 1 aliphatic rings. The molecule has 11 heteroatoms. The third-order valence-corrected chi connectivity index (χ3v) is 7.00. The highest BCUT2D eigenvalue weighted by Crippen LogP contribution is 2.21. The van der Waals surface area contributed by atoms with Gasteiger partial charge in [0.1, 0.15) is 5.82 Å². The van der Waals surface area contributed by atoms with E-state index in [4.69, 9.17) is 9.47 Å². The lowest BCUT2D eigenvalue weighted by atomic mass is 10.1. The van der Waals surface area contributed by atoms with E-state index in [-0.39, 0.29) is 47.9 Å². The number of rotatable bonds is 9. The summed E-state index contributed by atoms with van der Waals surface area (Å²) in [5.74, 6) is -2.23. The minimum atomic E-state index is -3.74. The molecule has 34 heavy (non-hydrogen) atoms. The highest BCUT2D eigenvalue weighted by molar-refractivity contribution is 7.89. The van der Waals surface area contributed by atoms with Gasteiger partial charge >= 0.3 is 5.97 Å². The predicted octanol–water partition coefficient (Wildman–Crippen LogP) is 2.38. The molecule has 2 aromatic rings. The largest absolute Gasteiger partial charge is 0.453 e. The van der Waals surface area contributed by atoms with Crippen LogP contribution in [0, 0.1) is 5.82 Å². The smallest absolute Gasteiger partial charge is 0.307 e. The number of nitrogens with one attached hydrogen (secondary N) is 1. The number of carbonyl (C=O) groups is 3. The maximum absolute atomic E-state index is 12.9. The average Bonchev–Trinajstić information content (AvgIpc) is 2.83. The van der Waals surface area contributed by atoms with E-state index < -0.39 is 33.8 Å². The molecule has 0 spiro atoms. The second kappa shape index (κ2) is 11.3. The lowest BCUT2D eigenvalue weighted by Gasteiger charge is -2.26. The maximum atomic E-state index is 12.9. The number of anilines is 1. The van der Waals surface area contributed by atoms with Gasteiger partial charge in [-0.05, 0) is 49.4 Å². The number of nitrogens with zero attached hydrogens (tertiary/aromatic N) is 1. The van der Waals surface area contributed by atoms with E-state index >= 15 is 0 Å². The number of halogens is 1. The number of ether oxygens (including phenoxy) is 2. The van der Waals surface area contributed by atoms with E-state index in [1.807, 2.05) is 0 Å². The fourth-order valence-electron chi connectivity index (χ4n) is 3.22. The molecule has 0 aliphatic carbocycles. The number of hydrogen-bond donors (Lipinski definition) is 1. The van der Waals surface area contributed by atoms with Gasteiger partial charge in [-0.3, -0.25) is 14.4 Å². The quantitative estimate of drug-likeness (QED) is 0.422. The van der Waals surface area contributed by atoms with Crippen LogP contribution >= 0.6 is 0 Å². The summed E-state index contributed by atoms with van der Waals surface area (Å²) in [5, 5.41) is 2.53. The van der Waals surface area contributed by atoms with Crippen LogP contribution in [0.1, 0.15) is 30.1 Å². The van der Waals surface area contributed by atoms with Crippen LogP contribution in [0.2, 0.25) is 0 Å². The Bertz CT molecular complexity index is 1150. The van der Waals surface area contributed by atoms with Crippen LogP contribution in [-0.4, -0.2) is 62.8 Å². The molecule has 1 unspecified atom stereocenters. The van der Waals surface area contributed by atoms with Gasteiger partial charge in [0, 0.05) is 30.8 Å². The maximum Gasteiger partial charge on any atom is 0.307 e. The first-order valence-electron chi connectivity index (χ1n) is 10.6. The Kier molecular flexibility index (Phi) is 8.48. The third-order valence-electron chi connectivity index (χ3n) is 5.11. The monoisotopic (exact) mass is 492 g/mol. The van der Waals surface area contributed by atoms with E-state index in [2.05, 4.69) is 5.32 Å². The van der Waals surface area contributed by atoms with Crippen molar-refractivity contribution in [3.63, 3.8) is 0 Å². The molecule has 0 bridgehead atoms. The zero-order valence-corrected chi connectivity index (χ0v) is 19.3. The summed E-state index contributed by atoms with van der Waals surface area (Å²) < 4.78 is 50.1. The number of sulfonamides is 1. The number of Topliss-reactive ketones (excluding diaryl/α,β-unsaturated/α-hetero) is 1. The third kappa shape index (κ3) is 6.69. The van der Waals surface area contributed by atoms with Gasteiger partial charge in [-0.15, -0.1) is 0 Å². The SMILES string of the molecule is CC(OC(=O)CCC(=O)c1ccc(F)cc1)C(=O)Nc1cccc(S(=O)(=O)N2CCOCC2)c1. The number of ketones is 1. The van der Waals surface area contributed by atoms with E-state index in [0.717, 1.165) is 12.1 Å². The van der Waals surface area contributed by atoms with Gasteiger partial charge in [-0.25, -0.2) is 12.8 Å². The molecule has 1 atom stereocenters. The van der Waals surface area contributed by atoms with Crippen molar-refractivity contribution in [3.8, 4) is 0 Å². The van der Waals surface area contributed by atoms with Crippen LogP contribution in [0.4, 0.5) is 10.1 Å². The summed E-state index contributed by atoms with van der Waals surface area (Å²) >= 11 is 0. The van der Waals surface area contributed by atoms with Crippen molar-refractivity contribution in [1.82, 2.24) is 4.31 Å². The Labute approximate surface area is 196 Å². The molecule has 1 amide bonds. The summed E-state index contributed by atoms with van der Waals surface area (Å²) in [7, 11) is -3.74. The molecule has 0 saturated carbocycles. The molecule has 9 nitrogen and oxygen atoms in total. The number of amides is 1. The first kappa shape index (κ1) is 25.5. The molecule has 3 rings (SSSR count). The molecule has 0 radical (unpaired) electrons. The Morgan fingerprint density at radius 2 is 1.76 bits per heavy atom. The summed E-state index contributed by atoms with van der Waals surface area (Å²) in [6.07, 6.45) is -1.57. The van der Waals surface area contributed by atoms with Crippen LogP contribution in [0.3, 0.4) is 0 Å². The van der Waals surface area contributed by atoms with Crippen molar-refractivity contribution in [3.05, 3.63) is 59.9 Å². The highest BCUT2D eigenvalue weighted by atomic mass is 32.2. The normalized spacial score (nSPS) is 15.4. The molecule has 0 aromatic heterocycles. The van der Waals surface area contributed by atoms with E-state index in [1.54, 1.807) is 0 Å². The van der Waals surface area contributed by atoms with Gasteiger partial charge in [0.15, 0.2) is 11.9 Å². The summed E-state index contributed by atoms with van der Waals surface area (Å²) in [5.41, 5.74) is 0.501. The van der Waals surface area contributed by atoms with Crippen molar-refractivity contribution in [2.45, 2.75) is 30.8 Å². The number of morpholine rings is 1. The van der Waals surface area contributed by atoms with Crippen molar-refractivity contribution in [2.75, 3.05) is 31.6 Å². The van der Waals surface area contributed by atoms with Crippen LogP contribution in [0.5, 0.6) is 0 Å². The van der Waals surface area contributed by atoms with Crippen LogP contribution in [0.15, 0.2) is 53.4 Å². The van der Waals surface area contributed by atoms with E-state index in [9.17, 15) is 27.2 Å². The predicted molar refractivity (Wildman–Crippen MR) is 120 cm³/mol. The van der Waals surface area contributed by atoms with Gasteiger partial charge in [-0.1, -0.05) is 6.07 Å². The minimum Gasteiger partial charge on any atom is -0.453 e. The second-order valence-electron chi connectivity index (χ2n) is 7.60. The first-order chi connectivity index (χ1) is 16.2. The minimum absolute atomic E-state index is 0.0242. The lowest BCUT2D eigenvalue weighted by Crippen LogP contribution is -2.40. The molecular weight excluding hydrogens is 467 g/mol. The molecule has 1 heterocycles. The highest BCUT2D eigenvalue weighted by Gasteiger charge is 2.27. The van der Waals surface area contributed by atoms with Crippen molar-refractivity contribution >= 4 is 33.4 Å². The Morgan fingerprint density at radius 3 is 2.44 bits per heavy atom. The molecule has 1 N–H and O–H groups in total. The standard InChI is InChI=1S/C23H25FN2O7S/c1-16(33-22(28)10-9-21(27)17-5-7-18(24)8-6-17)23(29)25-19-3-2-4-20(15-19)34(30,31)26-11-13-32-14-12-26/h2-8,15-16H,9-14H2,1H3,(H,25,29). The molecule has 2 aromatic carbocycles. The molecular formula is C23H25FN2O7S. The fraction of sp³-hybridized carbons (Fsp3) is 0.348. The summed E-state index contributed by atoms with van der Waals surface area (Å²) in [4.78, 5) is 36.6. The Morgan fingerprint density at radius 1 is 1.09 bits per heavy atom. The first-order valence-corrected chi connectivity index (χ1v) is 12.1. The topological polar surface area (TPSA) is 119 Å². The number of hydrogen-bond acceptors (Lipinski definition) is 7. The lowest BCUT2D eigenvalue weighted by molar-refractivity contribution is -0.153. The van der Waals surface area contributed by atoms with Crippen molar-refractivity contribution < 1.29 is 36.7 Å². The number of esters is 1. The number of carbonyl (C=O) groups excluding carboxylic acids is 3. The summed E-state index contributed by atoms with van der Waals surface area (Å²) in [6, 6.07) is 10.7. The van der Waals surface area contributed by atoms with Crippen LogP contribution in [0.25, 0.3) is 0 Å². The van der Waals surface area contributed by atoms with E-state index in [1.165, 1.54) is 47.6 Å². The van der Waals surface area contributed by atoms with Gasteiger partial charge < -0.3 is 14.8 Å².